The Morgan fingerprint density at radius 3 is 2.21 bits per heavy atom. The lowest BCUT2D eigenvalue weighted by molar-refractivity contribution is 0.270. The zero-order chi connectivity index (χ0) is 14.7. The predicted octanol–water partition coefficient (Wildman–Crippen LogP) is 2.96. The fourth-order valence-corrected chi connectivity index (χ4v) is 2.73. The van der Waals surface area contributed by atoms with E-state index in [-0.39, 0.29) is 6.04 Å². The van der Waals surface area contributed by atoms with Crippen LogP contribution in [0.25, 0.3) is 0 Å². The second-order valence-electron chi connectivity index (χ2n) is 5.75. The predicted molar refractivity (Wildman–Crippen MR) is 81.9 cm³/mol. The van der Waals surface area contributed by atoms with Gasteiger partial charge in [-0.2, -0.15) is 0 Å². The molecule has 0 saturated heterocycles. The Hall–Kier alpha value is -1.06. The molecule has 108 valence electrons. The molecule has 0 aliphatic heterocycles. The number of nitrogens with two attached hydrogens (primary N) is 1. The van der Waals surface area contributed by atoms with Gasteiger partial charge in [0.1, 0.15) is 5.75 Å². The average molecular weight is 264 g/mol. The Morgan fingerprint density at radius 1 is 1.21 bits per heavy atom. The van der Waals surface area contributed by atoms with Gasteiger partial charge >= 0.3 is 0 Å². The van der Waals surface area contributed by atoms with E-state index < -0.39 is 0 Å². The van der Waals surface area contributed by atoms with Gasteiger partial charge in [0.15, 0.2) is 0 Å². The smallest absolute Gasteiger partial charge is 0.122 e. The van der Waals surface area contributed by atoms with Crippen molar-refractivity contribution in [3.8, 4) is 5.75 Å². The van der Waals surface area contributed by atoms with Gasteiger partial charge in [-0.25, -0.2) is 0 Å². The minimum absolute atomic E-state index is 0.189. The first-order valence-electron chi connectivity index (χ1n) is 6.86. The molecule has 0 fully saturated rings. The number of benzene rings is 1. The second-order valence-corrected chi connectivity index (χ2v) is 5.75. The third kappa shape index (κ3) is 3.48. The van der Waals surface area contributed by atoms with Crippen molar-refractivity contribution in [3.05, 3.63) is 28.3 Å². The van der Waals surface area contributed by atoms with E-state index in [0.29, 0.717) is 6.04 Å². The number of hydrogen-bond acceptors (Lipinski definition) is 3. The van der Waals surface area contributed by atoms with Gasteiger partial charge in [0.25, 0.3) is 0 Å². The molecule has 0 aromatic heterocycles. The summed E-state index contributed by atoms with van der Waals surface area (Å²) in [4.78, 5) is 2.25. The summed E-state index contributed by atoms with van der Waals surface area (Å²) < 4.78 is 5.44. The van der Waals surface area contributed by atoms with Crippen LogP contribution in [-0.4, -0.2) is 32.1 Å². The van der Waals surface area contributed by atoms with Crippen LogP contribution in [0.5, 0.6) is 5.75 Å². The van der Waals surface area contributed by atoms with E-state index in [1.165, 1.54) is 22.3 Å². The molecule has 2 atom stereocenters. The lowest BCUT2D eigenvalue weighted by Crippen LogP contribution is -2.28. The molecule has 1 aromatic carbocycles. The minimum Gasteiger partial charge on any atom is -0.496 e. The Balaban J connectivity index is 3.35. The van der Waals surface area contributed by atoms with E-state index in [9.17, 15) is 0 Å². The first kappa shape index (κ1) is 16.0. The number of nitrogens with zero attached hydrogens (tertiary/aromatic N) is 1. The summed E-state index contributed by atoms with van der Waals surface area (Å²) in [5.41, 5.74) is 11.2. The van der Waals surface area contributed by atoms with Crippen molar-refractivity contribution in [1.29, 1.82) is 0 Å². The molecule has 19 heavy (non-hydrogen) atoms. The zero-order valence-corrected chi connectivity index (χ0v) is 13.4. The quantitative estimate of drug-likeness (QED) is 0.888. The van der Waals surface area contributed by atoms with Crippen molar-refractivity contribution < 1.29 is 4.74 Å². The summed E-state index contributed by atoms with van der Waals surface area (Å²) in [6.45, 7) is 8.52. The molecule has 0 heterocycles. The molecule has 2 unspecified atom stereocenters. The molecule has 2 N–H and O–H groups in total. The average Bonchev–Trinajstić information content (AvgIpc) is 2.32. The van der Waals surface area contributed by atoms with Crippen molar-refractivity contribution in [1.82, 2.24) is 4.90 Å². The van der Waals surface area contributed by atoms with Crippen molar-refractivity contribution in [2.24, 2.45) is 5.73 Å². The Bertz CT molecular complexity index is 439. The third-order valence-electron chi connectivity index (χ3n) is 3.88. The van der Waals surface area contributed by atoms with Gasteiger partial charge in [-0.1, -0.05) is 0 Å². The molecule has 0 radical (unpaired) electrons. The van der Waals surface area contributed by atoms with E-state index in [2.05, 4.69) is 52.8 Å². The van der Waals surface area contributed by atoms with E-state index >= 15 is 0 Å². The lowest BCUT2D eigenvalue weighted by Gasteiger charge is -2.30. The summed E-state index contributed by atoms with van der Waals surface area (Å²) >= 11 is 0. The highest BCUT2D eigenvalue weighted by atomic mass is 16.5. The first-order chi connectivity index (χ1) is 8.79. The zero-order valence-electron chi connectivity index (χ0n) is 13.4. The van der Waals surface area contributed by atoms with Crippen molar-refractivity contribution in [2.75, 3.05) is 21.2 Å². The van der Waals surface area contributed by atoms with Crippen LogP contribution in [0, 0.1) is 20.8 Å². The van der Waals surface area contributed by atoms with Gasteiger partial charge in [-0.3, -0.25) is 0 Å². The summed E-state index contributed by atoms with van der Waals surface area (Å²) in [6, 6.07) is 2.67. The van der Waals surface area contributed by atoms with Gasteiger partial charge in [0.05, 0.1) is 7.11 Å². The van der Waals surface area contributed by atoms with Crippen LogP contribution in [0.1, 0.15) is 41.6 Å². The highest BCUT2D eigenvalue weighted by molar-refractivity contribution is 5.49. The topological polar surface area (TPSA) is 38.5 Å². The fourth-order valence-electron chi connectivity index (χ4n) is 2.73. The maximum absolute atomic E-state index is 6.01. The van der Waals surface area contributed by atoms with Gasteiger partial charge in [-0.15, -0.1) is 0 Å². The van der Waals surface area contributed by atoms with Crippen LogP contribution in [0.3, 0.4) is 0 Å². The number of hydrogen-bond donors (Lipinski definition) is 1. The molecular weight excluding hydrogens is 236 g/mol. The highest BCUT2D eigenvalue weighted by Crippen LogP contribution is 2.34. The summed E-state index contributed by atoms with van der Waals surface area (Å²) in [6.07, 6.45) is 0.959. The summed E-state index contributed by atoms with van der Waals surface area (Å²) in [5.74, 6) is 0.969. The maximum Gasteiger partial charge on any atom is 0.122 e. The Labute approximate surface area is 117 Å². The van der Waals surface area contributed by atoms with Gasteiger partial charge < -0.3 is 15.4 Å². The van der Waals surface area contributed by atoms with E-state index in [1.54, 1.807) is 7.11 Å². The van der Waals surface area contributed by atoms with Gasteiger partial charge in [0.2, 0.25) is 0 Å². The molecule has 0 saturated carbocycles. The standard InChI is InChI=1S/C16H28N2O/c1-10-8-15(19-7)12(3)13(4)16(10)14(18(5)6)9-11(2)17/h8,11,14H,9,17H2,1-7H3. The van der Waals surface area contributed by atoms with Crippen LogP contribution >= 0.6 is 0 Å². The van der Waals surface area contributed by atoms with Crippen LogP contribution < -0.4 is 10.5 Å². The Morgan fingerprint density at radius 2 is 1.79 bits per heavy atom. The van der Waals surface area contributed by atoms with Crippen LogP contribution in [0.4, 0.5) is 0 Å². The monoisotopic (exact) mass is 264 g/mol. The van der Waals surface area contributed by atoms with E-state index in [0.717, 1.165) is 12.2 Å². The van der Waals surface area contributed by atoms with Gasteiger partial charge in [-0.05, 0) is 76.5 Å². The second kappa shape index (κ2) is 6.40. The van der Waals surface area contributed by atoms with Gasteiger partial charge in [0, 0.05) is 12.1 Å². The summed E-state index contributed by atoms with van der Waals surface area (Å²) in [7, 11) is 5.96. The highest BCUT2D eigenvalue weighted by Gasteiger charge is 2.22. The molecule has 0 aliphatic rings. The molecule has 1 rings (SSSR count). The van der Waals surface area contributed by atoms with Crippen molar-refractivity contribution >= 4 is 0 Å². The number of ether oxygens (including phenoxy) is 1. The summed E-state index contributed by atoms with van der Waals surface area (Å²) in [5, 5.41) is 0. The number of methoxy groups -OCH3 is 1. The molecule has 0 aliphatic carbocycles. The molecule has 3 heteroatoms. The van der Waals surface area contributed by atoms with Crippen LogP contribution in [0.2, 0.25) is 0 Å². The van der Waals surface area contributed by atoms with Crippen LogP contribution in [0.15, 0.2) is 6.07 Å². The molecular formula is C16H28N2O. The SMILES string of the molecule is COc1cc(C)c(C(CC(C)N)N(C)C)c(C)c1C. The maximum atomic E-state index is 6.01. The van der Waals surface area contributed by atoms with Crippen LogP contribution in [-0.2, 0) is 0 Å². The lowest BCUT2D eigenvalue weighted by atomic mass is 9.89. The first-order valence-corrected chi connectivity index (χ1v) is 6.86. The van der Waals surface area contributed by atoms with Crippen molar-refractivity contribution in [3.63, 3.8) is 0 Å². The number of aryl methyl sites for hydroxylation is 1. The van der Waals surface area contributed by atoms with E-state index in [4.69, 9.17) is 10.5 Å². The molecule has 3 nitrogen and oxygen atoms in total. The largest absolute Gasteiger partial charge is 0.496 e. The van der Waals surface area contributed by atoms with E-state index in [1.807, 2.05) is 0 Å². The molecule has 0 amide bonds. The fraction of sp³-hybridized carbons (Fsp3) is 0.625. The molecule has 0 spiro atoms. The molecule has 0 bridgehead atoms. The normalized spacial score (nSPS) is 14.6. The Kier molecular flexibility index (Phi) is 5.39. The molecule has 1 aromatic rings. The van der Waals surface area contributed by atoms with Crippen molar-refractivity contribution in [2.45, 2.75) is 46.2 Å². The number of rotatable bonds is 5. The minimum atomic E-state index is 0.189. The third-order valence-corrected chi connectivity index (χ3v) is 3.88.